The minimum Gasteiger partial charge on any atom is -0.440 e. The molecule has 0 radical (unpaired) electrons. The Labute approximate surface area is 161 Å². The molecule has 4 rings (SSSR count). The van der Waals surface area contributed by atoms with Crippen molar-refractivity contribution in [2.75, 3.05) is 18.5 Å². The van der Waals surface area contributed by atoms with Gasteiger partial charge in [-0.2, -0.15) is 0 Å². The maximum Gasteiger partial charge on any atom is 0.199 e. The van der Waals surface area contributed by atoms with Gasteiger partial charge in [0.15, 0.2) is 16.5 Å². The van der Waals surface area contributed by atoms with E-state index in [-0.39, 0.29) is 11.3 Å². The van der Waals surface area contributed by atoms with Crippen LogP contribution in [0.3, 0.4) is 0 Å². The number of fused-ring (bicyclic) bond motifs is 2. The fourth-order valence-corrected chi connectivity index (χ4v) is 3.83. The molecule has 0 unspecified atom stereocenters. The van der Waals surface area contributed by atoms with Gasteiger partial charge in [0, 0.05) is 37.8 Å². The van der Waals surface area contributed by atoms with E-state index < -0.39 is 0 Å². The lowest BCUT2D eigenvalue weighted by Gasteiger charge is -2.28. The average Bonchev–Trinajstić information content (AvgIpc) is 2.66. The first kappa shape index (κ1) is 18.0. The molecule has 3 heterocycles. The molecule has 2 N–H and O–H groups in total. The molecule has 0 amide bonds. The zero-order valence-electron chi connectivity index (χ0n) is 15.7. The van der Waals surface area contributed by atoms with Gasteiger partial charge in [0.05, 0.1) is 16.6 Å². The van der Waals surface area contributed by atoms with Gasteiger partial charge in [0.2, 0.25) is 0 Å². The molecule has 7 heteroatoms. The highest BCUT2D eigenvalue weighted by Crippen LogP contribution is 2.24. The summed E-state index contributed by atoms with van der Waals surface area (Å²) < 4.78 is 5.77. The first-order chi connectivity index (χ1) is 13.0. The molecule has 1 aliphatic heterocycles. The van der Waals surface area contributed by atoms with Gasteiger partial charge in [-0.3, -0.25) is 9.69 Å². The lowest BCUT2D eigenvalue weighted by Crippen LogP contribution is -2.33. The number of nitrogen functional groups attached to an aromatic ring is 1. The smallest absolute Gasteiger partial charge is 0.199 e. The van der Waals surface area contributed by atoms with Crippen LogP contribution in [0.2, 0.25) is 0 Å². The van der Waals surface area contributed by atoms with Crippen molar-refractivity contribution >= 4 is 28.6 Å². The summed E-state index contributed by atoms with van der Waals surface area (Å²) >= 11 is 1.55. The van der Waals surface area contributed by atoms with Crippen molar-refractivity contribution in [2.24, 2.45) is 0 Å². The zero-order chi connectivity index (χ0) is 19.1. The van der Waals surface area contributed by atoms with Crippen molar-refractivity contribution < 1.29 is 4.42 Å². The van der Waals surface area contributed by atoms with Gasteiger partial charge in [-0.25, -0.2) is 9.97 Å². The van der Waals surface area contributed by atoms with E-state index in [1.807, 2.05) is 38.4 Å². The number of thioether (sulfide) groups is 1. The lowest BCUT2D eigenvalue weighted by atomic mass is 10.0. The minimum atomic E-state index is -0.0448. The van der Waals surface area contributed by atoms with Crippen molar-refractivity contribution in [3.63, 3.8) is 0 Å². The highest BCUT2D eigenvalue weighted by molar-refractivity contribution is 7.98. The van der Waals surface area contributed by atoms with Gasteiger partial charge < -0.3 is 10.2 Å². The molecule has 0 fully saturated rings. The normalized spacial score (nSPS) is 14.5. The third kappa shape index (κ3) is 3.33. The van der Waals surface area contributed by atoms with Crippen LogP contribution in [0, 0.1) is 13.8 Å². The summed E-state index contributed by atoms with van der Waals surface area (Å²) in [7, 11) is 0. The minimum absolute atomic E-state index is 0.0448. The van der Waals surface area contributed by atoms with Crippen LogP contribution in [-0.4, -0.2) is 27.7 Å². The molecule has 0 bridgehead atoms. The molecular formula is C20H22N4O2S. The molecule has 1 aromatic carbocycles. The molecule has 0 saturated heterocycles. The second-order valence-corrected chi connectivity index (χ2v) is 7.77. The monoisotopic (exact) mass is 382 g/mol. The molecule has 1 aliphatic rings. The Kier molecular flexibility index (Phi) is 4.65. The summed E-state index contributed by atoms with van der Waals surface area (Å²) in [4.78, 5) is 24.2. The third-order valence-corrected chi connectivity index (χ3v) is 5.75. The summed E-state index contributed by atoms with van der Waals surface area (Å²) in [5.74, 6) is 0.204. The number of hydrogen-bond donors (Lipinski definition) is 1. The largest absolute Gasteiger partial charge is 0.440 e. The van der Waals surface area contributed by atoms with Crippen molar-refractivity contribution in [1.29, 1.82) is 0 Å². The molecule has 27 heavy (non-hydrogen) atoms. The predicted molar refractivity (Wildman–Crippen MR) is 108 cm³/mol. The Morgan fingerprint density at radius 2 is 2.07 bits per heavy atom. The van der Waals surface area contributed by atoms with Crippen molar-refractivity contribution in [3.8, 4) is 0 Å². The van der Waals surface area contributed by atoms with Crippen LogP contribution < -0.4 is 11.2 Å². The second-order valence-electron chi connectivity index (χ2n) is 7.00. The van der Waals surface area contributed by atoms with E-state index in [0.29, 0.717) is 29.6 Å². The van der Waals surface area contributed by atoms with E-state index in [9.17, 15) is 4.79 Å². The predicted octanol–water partition coefficient (Wildman–Crippen LogP) is 3.06. The van der Waals surface area contributed by atoms with E-state index in [2.05, 4.69) is 14.9 Å². The molecule has 2 aromatic heterocycles. The quantitative estimate of drug-likeness (QED) is 0.550. The Balaban J connectivity index is 1.65. The van der Waals surface area contributed by atoms with Crippen molar-refractivity contribution in [2.45, 2.75) is 38.5 Å². The van der Waals surface area contributed by atoms with E-state index in [1.54, 1.807) is 11.8 Å². The number of nitrogens with zero attached hydrogens (tertiary/aromatic N) is 3. The van der Waals surface area contributed by atoms with Crippen molar-refractivity contribution in [1.82, 2.24) is 14.9 Å². The highest BCUT2D eigenvalue weighted by atomic mass is 32.2. The number of benzene rings is 1. The molecule has 6 nitrogen and oxygen atoms in total. The van der Waals surface area contributed by atoms with Crippen LogP contribution in [-0.2, 0) is 19.5 Å². The number of hydrogen-bond acceptors (Lipinski definition) is 7. The van der Waals surface area contributed by atoms with E-state index >= 15 is 0 Å². The Hall–Kier alpha value is -2.38. The van der Waals surface area contributed by atoms with E-state index in [0.717, 1.165) is 40.5 Å². The third-order valence-electron chi connectivity index (χ3n) is 5.19. The second kappa shape index (κ2) is 6.98. The maximum atomic E-state index is 13.0. The van der Waals surface area contributed by atoms with Crippen LogP contribution in [0.4, 0.5) is 5.88 Å². The number of aromatic nitrogens is 2. The number of rotatable bonds is 3. The number of nitrogens with two attached hydrogens (primary N) is 1. The molecule has 0 aliphatic carbocycles. The Morgan fingerprint density at radius 1 is 1.30 bits per heavy atom. The topological polar surface area (TPSA) is 85.2 Å². The summed E-state index contributed by atoms with van der Waals surface area (Å²) in [6, 6.07) is 3.77. The molecule has 0 spiro atoms. The van der Waals surface area contributed by atoms with Crippen LogP contribution in [0.25, 0.3) is 11.0 Å². The molecule has 0 saturated carbocycles. The molecule has 3 aromatic rings. The molecular weight excluding hydrogens is 360 g/mol. The van der Waals surface area contributed by atoms with E-state index in [4.69, 9.17) is 10.2 Å². The van der Waals surface area contributed by atoms with Gasteiger partial charge in [0.1, 0.15) is 5.58 Å². The maximum absolute atomic E-state index is 13.0. The van der Waals surface area contributed by atoms with Gasteiger partial charge in [0.25, 0.3) is 0 Å². The van der Waals surface area contributed by atoms with Gasteiger partial charge in [-0.05, 0) is 43.4 Å². The summed E-state index contributed by atoms with van der Waals surface area (Å²) in [5.41, 5.74) is 11.5. The Morgan fingerprint density at radius 3 is 2.85 bits per heavy atom. The first-order valence-electron chi connectivity index (χ1n) is 8.90. The van der Waals surface area contributed by atoms with Crippen molar-refractivity contribution in [3.05, 3.63) is 56.5 Å². The summed E-state index contributed by atoms with van der Waals surface area (Å²) in [5, 5.41) is 1.39. The molecule has 0 atom stereocenters. The van der Waals surface area contributed by atoms with E-state index in [1.165, 1.54) is 0 Å². The van der Waals surface area contributed by atoms with Crippen LogP contribution >= 0.6 is 11.8 Å². The zero-order valence-corrected chi connectivity index (χ0v) is 16.5. The summed E-state index contributed by atoms with van der Waals surface area (Å²) in [6.45, 7) is 5.97. The van der Waals surface area contributed by atoms with Gasteiger partial charge in [-0.15, -0.1) is 0 Å². The summed E-state index contributed by atoms with van der Waals surface area (Å²) in [6.07, 6.45) is 4.70. The fraction of sp³-hybridized carbons (Fsp3) is 0.350. The average molecular weight is 382 g/mol. The fourth-order valence-electron chi connectivity index (χ4n) is 3.47. The number of aryl methyl sites for hydroxylation is 2. The standard InChI is InChI=1S/C20H22N4O2S/c1-11-6-14-17(7-12(11)2)26-19(21)15(18(14)25)10-24-5-4-16-13(9-24)8-22-20(23-16)27-3/h6-8H,4-5,9-10,21H2,1-3H3. The SMILES string of the molecule is CSc1ncc2c(n1)CCN(Cc1c(N)oc3cc(C)c(C)cc3c1=O)C2. The van der Waals surface area contributed by atoms with Crippen LogP contribution in [0.15, 0.2) is 32.7 Å². The van der Waals surface area contributed by atoms with Gasteiger partial charge in [-0.1, -0.05) is 11.8 Å². The van der Waals surface area contributed by atoms with Crippen LogP contribution in [0.5, 0.6) is 0 Å². The highest BCUT2D eigenvalue weighted by Gasteiger charge is 2.22. The van der Waals surface area contributed by atoms with Gasteiger partial charge >= 0.3 is 0 Å². The molecule has 140 valence electrons. The lowest BCUT2D eigenvalue weighted by molar-refractivity contribution is 0.240. The number of anilines is 1. The Bertz CT molecular complexity index is 1090. The first-order valence-corrected chi connectivity index (χ1v) is 10.1. The van der Waals surface area contributed by atoms with Crippen LogP contribution in [0.1, 0.15) is 27.9 Å².